The van der Waals surface area contributed by atoms with Crippen molar-refractivity contribution in [3.8, 4) is 0 Å². The molecule has 0 fully saturated rings. The minimum absolute atomic E-state index is 0.103. The van der Waals surface area contributed by atoms with E-state index in [1.54, 1.807) is 0 Å². The van der Waals surface area contributed by atoms with Gasteiger partial charge < -0.3 is 10.1 Å². The molecule has 0 aliphatic heterocycles. The van der Waals surface area contributed by atoms with E-state index in [9.17, 15) is 22.8 Å². The van der Waals surface area contributed by atoms with Gasteiger partial charge in [-0.3, -0.25) is 4.79 Å². The highest BCUT2D eigenvalue weighted by molar-refractivity contribution is 5.94. The van der Waals surface area contributed by atoms with Crippen LogP contribution in [0.2, 0.25) is 0 Å². The number of halogens is 3. The van der Waals surface area contributed by atoms with Crippen LogP contribution in [0.1, 0.15) is 6.92 Å². The number of anilines is 1. The first-order chi connectivity index (χ1) is 8.81. The Balaban J connectivity index is 2.63. The summed E-state index contributed by atoms with van der Waals surface area (Å²) in [6.07, 6.45) is 0. The summed E-state index contributed by atoms with van der Waals surface area (Å²) in [7, 11) is 0. The summed E-state index contributed by atoms with van der Waals surface area (Å²) in [5.74, 6) is -6.10. The summed E-state index contributed by atoms with van der Waals surface area (Å²) in [5.41, 5.74) is -0.181. The zero-order chi connectivity index (χ0) is 14.6. The van der Waals surface area contributed by atoms with E-state index >= 15 is 0 Å². The molecule has 1 rings (SSSR count). The molecule has 0 heterocycles. The molecule has 0 spiro atoms. The second kappa shape index (κ2) is 6.03. The molecule has 0 saturated heterocycles. The minimum Gasteiger partial charge on any atom is -0.452 e. The van der Waals surface area contributed by atoms with Crippen LogP contribution in [0.25, 0.3) is 0 Å². The second-order valence-corrected chi connectivity index (χ2v) is 3.66. The standard InChI is InChI=1S/C12H10F3NO3/c1-6(2)12(18)19-5-10(17)16-7-3-8(13)11(15)9(14)4-7/h3-4H,1,5H2,2H3,(H,16,17). The summed E-state index contributed by atoms with van der Waals surface area (Å²) < 4.78 is 42.9. The van der Waals surface area contributed by atoms with Crippen LogP contribution >= 0.6 is 0 Å². The summed E-state index contributed by atoms with van der Waals surface area (Å²) in [6.45, 7) is 4.05. The molecule has 1 N–H and O–H groups in total. The topological polar surface area (TPSA) is 55.4 Å². The molecule has 1 aromatic rings. The molecule has 1 aromatic carbocycles. The highest BCUT2D eigenvalue weighted by Crippen LogP contribution is 2.17. The van der Waals surface area contributed by atoms with Gasteiger partial charge in [-0.1, -0.05) is 6.58 Å². The highest BCUT2D eigenvalue weighted by Gasteiger charge is 2.13. The molecule has 0 aromatic heterocycles. The molecule has 19 heavy (non-hydrogen) atoms. The van der Waals surface area contributed by atoms with Gasteiger partial charge in [0.05, 0.1) is 0 Å². The lowest BCUT2D eigenvalue weighted by molar-refractivity contribution is -0.143. The van der Waals surface area contributed by atoms with Gasteiger partial charge in [-0.25, -0.2) is 18.0 Å². The molecule has 7 heteroatoms. The van der Waals surface area contributed by atoms with E-state index in [4.69, 9.17) is 0 Å². The largest absolute Gasteiger partial charge is 0.452 e. The quantitative estimate of drug-likeness (QED) is 0.519. The van der Waals surface area contributed by atoms with Crippen molar-refractivity contribution in [1.82, 2.24) is 0 Å². The highest BCUT2D eigenvalue weighted by atomic mass is 19.2. The van der Waals surface area contributed by atoms with Crippen LogP contribution in [-0.4, -0.2) is 18.5 Å². The molecule has 4 nitrogen and oxygen atoms in total. The van der Waals surface area contributed by atoms with Crippen LogP contribution < -0.4 is 5.32 Å². The second-order valence-electron chi connectivity index (χ2n) is 3.66. The lowest BCUT2D eigenvalue weighted by Gasteiger charge is -2.07. The molecule has 0 bridgehead atoms. The number of carbonyl (C=O) groups excluding carboxylic acids is 2. The van der Waals surface area contributed by atoms with E-state index in [1.807, 2.05) is 0 Å². The van der Waals surface area contributed by atoms with Crippen molar-refractivity contribution < 1.29 is 27.5 Å². The monoisotopic (exact) mass is 273 g/mol. The van der Waals surface area contributed by atoms with Crippen molar-refractivity contribution in [2.24, 2.45) is 0 Å². The SMILES string of the molecule is C=C(C)C(=O)OCC(=O)Nc1cc(F)c(F)c(F)c1. The fourth-order valence-corrected chi connectivity index (χ4v) is 1.08. The Morgan fingerprint density at radius 3 is 2.26 bits per heavy atom. The smallest absolute Gasteiger partial charge is 0.333 e. The molecule has 1 amide bonds. The molecule has 102 valence electrons. The van der Waals surface area contributed by atoms with Crippen molar-refractivity contribution in [3.05, 3.63) is 41.7 Å². The van der Waals surface area contributed by atoms with Crippen LogP contribution in [0.5, 0.6) is 0 Å². The van der Waals surface area contributed by atoms with Crippen LogP contribution in [0.4, 0.5) is 18.9 Å². The Morgan fingerprint density at radius 1 is 1.26 bits per heavy atom. The van der Waals surface area contributed by atoms with E-state index in [1.165, 1.54) is 6.92 Å². The van der Waals surface area contributed by atoms with Crippen molar-refractivity contribution in [1.29, 1.82) is 0 Å². The maximum Gasteiger partial charge on any atom is 0.333 e. The number of benzene rings is 1. The normalized spacial score (nSPS) is 9.89. The maximum atomic E-state index is 12.8. The Morgan fingerprint density at radius 2 is 1.79 bits per heavy atom. The number of hydrogen-bond donors (Lipinski definition) is 1. The third-order valence-electron chi connectivity index (χ3n) is 1.95. The zero-order valence-corrected chi connectivity index (χ0v) is 9.93. The predicted octanol–water partition coefficient (Wildman–Crippen LogP) is 2.16. The molecule has 0 radical (unpaired) electrons. The van der Waals surface area contributed by atoms with Gasteiger partial charge in [0, 0.05) is 23.4 Å². The first-order valence-electron chi connectivity index (χ1n) is 5.08. The number of rotatable bonds is 4. The van der Waals surface area contributed by atoms with Crippen LogP contribution in [0.15, 0.2) is 24.3 Å². The lowest BCUT2D eigenvalue weighted by atomic mass is 10.3. The number of nitrogens with one attached hydrogen (secondary N) is 1. The van der Waals surface area contributed by atoms with Crippen LogP contribution in [0.3, 0.4) is 0 Å². The summed E-state index contributed by atoms with van der Waals surface area (Å²) in [4.78, 5) is 22.3. The molecule has 0 unspecified atom stereocenters. The number of hydrogen-bond acceptors (Lipinski definition) is 3. The number of ether oxygens (including phenoxy) is 1. The maximum absolute atomic E-state index is 12.8. The first-order valence-corrected chi connectivity index (χ1v) is 5.08. The van der Waals surface area contributed by atoms with Gasteiger partial charge in [0.2, 0.25) is 0 Å². The first kappa shape index (κ1) is 14.7. The third-order valence-corrected chi connectivity index (χ3v) is 1.95. The van der Waals surface area contributed by atoms with Crippen molar-refractivity contribution in [2.75, 3.05) is 11.9 Å². The Hall–Kier alpha value is -2.31. The summed E-state index contributed by atoms with van der Waals surface area (Å²) in [6, 6.07) is 1.22. The van der Waals surface area contributed by atoms with Gasteiger partial charge in [-0.15, -0.1) is 0 Å². The van der Waals surface area contributed by atoms with Gasteiger partial charge in [-0.05, 0) is 6.92 Å². The van der Waals surface area contributed by atoms with Gasteiger partial charge in [-0.2, -0.15) is 0 Å². The zero-order valence-electron chi connectivity index (χ0n) is 9.93. The van der Waals surface area contributed by atoms with Gasteiger partial charge in [0.25, 0.3) is 5.91 Å². The van der Waals surface area contributed by atoms with Gasteiger partial charge >= 0.3 is 5.97 Å². The van der Waals surface area contributed by atoms with E-state index < -0.39 is 35.9 Å². The van der Waals surface area contributed by atoms with Gasteiger partial charge in [0.1, 0.15) is 0 Å². The number of carbonyl (C=O) groups is 2. The van der Waals surface area contributed by atoms with Crippen LogP contribution in [0, 0.1) is 17.5 Å². The Bertz CT molecular complexity index is 520. The van der Waals surface area contributed by atoms with E-state index in [2.05, 4.69) is 16.6 Å². The number of esters is 1. The van der Waals surface area contributed by atoms with Crippen molar-refractivity contribution >= 4 is 17.6 Å². The van der Waals surface area contributed by atoms with Crippen LogP contribution in [-0.2, 0) is 14.3 Å². The Labute approximate surface area is 106 Å². The fourth-order valence-electron chi connectivity index (χ4n) is 1.08. The summed E-state index contributed by atoms with van der Waals surface area (Å²) >= 11 is 0. The Kier molecular flexibility index (Phi) is 4.68. The average Bonchev–Trinajstić information content (AvgIpc) is 2.32. The third kappa shape index (κ3) is 4.13. The molecular formula is C12H10F3NO3. The fraction of sp³-hybridized carbons (Fsp3) is 0.167. The van der Waals surface area contributed by atoms with E-state index in [0.29, 0.717) is 12.1 Å². The summed E-state index contributed by atoms with van der Waals surface area (Å²) in [5, 5.41) is 2.05. The minimum atomic E-state index is -1.63. The average molecular weight is 273 g/mol. The van der Waals surface area contributed by atoms with E-state index in [0.717, 1.165) is 0 Å². The predicted molar refractivity (Wildman–Crippen MR) is 60.7 cm³/mol. The van der Waals surface area contributed by atoms with Crippen molar-refractivity contribution in [2.45, 2.75) is 6.92 Å². The number of amides is 1. The molecule has 0 saturated carbocycles. The molecule has 0 aliphatic rings. The van der Waals surface area contributed by atoms with E-state index in [-0.39, 0.29) is 11.3 Å². The molecular weight excluding hydrogens is 263 g/mol. The van der Waals surface area contributed by atoms with Gasteiger partial charge in [0.15, 0.2) is 24.1 Å². The molecule has 0 atom stereocenters. The van der Waals surface area contributed by atoms with Crippen molar-refractivity contribution in [3.63, 3.8) is 0 Å². The molecule has 0 aliphatic carbocycles. The lowest BCUT2D eigenvalue weighted by Crippen LogP contribution is -2.21.